The summed E-state index contributed by atoms with van der Waals surface area (Å²) in [5.41, 5.74) is 0. The smallest absolute Gasteiger partial charge is 0.0277 e. The van der Waals surface area contributed by atoms with Crippen molar-refractivity contribution < 1.29 is 0 Å². The Bertz CT molecular complexity index is 5880. The maximum absolute atomic E-state index is 2.34. The topological polar surface area (TPSA) is 0 Å². The lowest BCUT2D eigenvalue weighted by Gasteiger charge is -2.00. The molecule has 16 aromatic heterocycles. The van der Waals surface area contributed by atoms with Crippen LogP contribution >= 0.6 is 181 Å². The van der Waals surface area contributed by atoms with E-state index in [0.29, 0.717) is 0 Å². The van der Waals surface area contributed by atoms with Gasteiger partial charge in [0.1, 0.15) is 0 Å². The summed E-state index contributed by atoms with van der Waals surface area (Å²) >= 11 is 30.5. The normalized spacial score (nSPS) is 12.5. The van der Waals surface area contributed by atoms with Crippen molar-refractivity contribution in [1.29, 1.82) is 0 Å². The highest BCUT2D eigenvalue weighted by molar-refractivity contribution is 7.18. The van der Waals surface area contributed by atoms with Gasteiger partial charge in [-0.15, -0.1) is 181 Å². The highest BCUT2D eigenvalue weighted by Gasteiger charge is 2.11. The van der Waals surface area contributed by atoms with Gasteiger partial charge in [-0.3, -0.25) is 0 Å². The number of hydrogen-bond donors (Lipinski definition) is 0. The average Bonchev–Trinajstić information content (AvgIpc) is 1.74. The summed E-state index contributed by atoms with van der Waals surface area (Å²) in [7, 11) is 0. The first-order chi connectivity index (χ1) is 64.2. The van der Waals surface area contributed by atoms with Crippen LogP contribution in [0.4, 0.5) is 0 Å². The molecular weight excluding hydrogens is 1880 g/mol. The highest BCUT2D eigenvalue weighted by atomic mass is 32.2. The Morgan fingerprint density at radius 1 is 0.115 bits per heavy atom. The molecule has 0 aromatic carbocycles. The summed E-state index contributed by atoms with van der Waals surface area (Å²) in [5.74, 6) is 0. The fourth-order valence-electron chi connectivity index (χ4n) is 15.5. The van der Waals surface area contributed by atoms with Crippen LogP contribution in [0.15, 0.2) is 205 Å². The molecule has 0 atom stereocenters. The molecule has 16 heterocycles. The predicted molar refractivity (Wildman–Crippen MR) is 608 cm³/mol. The highest BCUT2D eigenvalue weighted by Crippen LogP contribution is 2.36. The lowest BCUT2D eigenvalue weighted by molar-refractivity contribution is 0.645. The van der Waals surface area contributed by atoms with Gasteiger partial charge in [-0.2, -0.15) is 0 Å². The Morgan fingerprint density at radius 2 is 0.231 bits per heavy atom. The Morgan fingerprint density at radius 3 is 0.354 bits per heavy atom. The van der Waals surface area contributed by atoms with Gasteiger partial charge < -0.3 is 0 Å². The molecular formula is C114H114S16. The van der Waals surface area contributed by atoms with Crippen LogP contribution in [0.5, 0.6) is 0 Å². The van der Waals surface area contributed by atoms with Crippen LogP contribution < -0.4 is 0 Å². The van der Waals surface area contributed by atoms with Crippen molar-refractivity contribution in [1.82, 2.24) is 0 Å². The zero-order valence-electron chi connectivity index (χ0n) is 73.9. The van der Waals surface area contributed by atoms with Gasteiger partial charge in [0.05, 0.1) is 0 Å². The molecule has 0 nitrogen and oxygen atoms in total. The van der Waals surface area contributed by atoms with Gasteiger partial charge in [-0.25, -0.2) is 0 Å². The van der Waals surface area contributed by atoms with Gasteiger partial charge in [0, 0.05) is 146 Å². The number of aryl methyl sites for hydroxylation is 10. The largest absolute Gasteiger partial charge is 0.144 e. The molecule has 16 heteroatoms. The third-order valence-corrected chi connectivity index (χ3v) is 39.4. The van der Waals surface area contributed by atoms with Gasteiger partial charge in [-0.1, -0.05) is 76.3 Å². The van der Waals surface area contributed by atoms with Gasteiger partial charge in [0.2, 0.25) is 0 Å². The molecule has 0 aliphatic heterocycles. The van der Waals surface area contributed by atoms with E-state index in [2.05, 4.69) is 326 Å². The van der Waals surface area contributed by atoms with Crippen molar-refractivity contribution in [3.8, 4) is 0 Å². The van der Waals surface area contributed by atoms with Crippen LogP contribution in [0.3, 0.4) is 0 Å². The van der Waals surface area contributed by atoms with E-state index in [-0.39, 0.29) is 0 Å². The first kappa shape index (κ1) is 95.7. The standard InChI is InChI=1S/C114H114S16/c1(11-23-87-39-49-97(117-87)37-35-85-33-21-83-115-85)3-13-25-89-41-51-99(119-89)59-67-107-75-77-109(127-107)69-61-101-53-43-91(121-101)27-15-5-7-17-29-93-45-55-103(123-93)63-71-111-79-81-113(129-111)73-65-105-57-47-95(125-105)31-19-9-10-20-32-96-48-58-106(126-96)66-74-114-82-80-112(130-114)72-64-104-56-46-94(124-104)30-18-8-6-16-28-92-44-54-102(122-92)62-70-110-78-76-108(128-110)68-60-100-52-42-90(120-100)26-14-4-2-12-24-88-40-50-98(118-88)38-36-86-34-22-84-116-86/h21-22,33-84H,1-20,23-32H2/b37-35+,38-36+,67-59+,68-60+,69-61+,70-62+,71-63+,72-64+,73-65+,74-66+. The van der Waals surface area contributed by atoms with E-state index in [4.69, 9.17) is 0 Å². The SMILES string of the molecule is C(=C\c1ccc(CCCCCCc2ccc(/C=C/c3ccc(/C=C/c4ccc(CCCCCCc5ccc(/C=C/c6ccc(/C=C/c7ccc(CCCCCCc8ccc(/C=C/c9ccc(/C=C/c%10ccc(CCCCCCc%11ccc(/C=C/c%12ccc(/C=C/c%13ccc(CCCCCCc%14ccc(/C=C/c%15cccs%15)s%14)s%13)s%12)s%11)s%10)s9)s8)s7)s6)s5)s4)s3)s2)s1)/c1cccs1. The lowest BCUT2D eigenvalue weighted by Crippen LogP contribution is -1.84. The third-order valence-electron chi connectivity index (χ3n) is 22.6. The summed E-state index contributed by atoms with van der Waals surface area (Å²) in [6.45, 7) is 0. The molecule has 130 heavy (non-hydrogen) atoms. The minimum absolute atomic E-state index is 1.17. The van der Waals surface area contributed by atoms with Crippen LogP contribution in [-0.4, -0.2) is 0 Å². The van der Waals surface area contributed by atoms with Gasteiger partial charge in [0.25, 0.3) is 0 Å². The molecule has 0 amide bonds. The Labute approximate surface area is 837 Å². The lowest BCUT2D eigenvalue weighted by atomic mass is 10.1. The maximum atomic E-state index is 2.34. The molecule has 0 bridgehead atoms. The molecule has 0 saturated heterocycles. The van der Waals surface area contributed by atoms with Crippen molar-refractivity contribution in [2.45, 2.75) is 193 Å². The van der Waals surface area contributed by atoms with Gasteiger partial charge >= 0.3 is 0 Å². The first-order valence-corrected chi connectivity index (χ1v) is 59.6. The minimum Gasteiger partial charge on any atom is -0.144 e. The van der Waals surface area contributed by atoms with Gasteiger partial charge in [-0.05, 0) is 443 Å². The van der Waals surface area contributed by atoms with E-state index in [1.807, 2.05) is 159 Å². The summed E-state index contributed by atoms with van der Waals surface area (Å²) in [6.07, 6.45) is 83.1. The molecule has 16 rings (SSSR count). The quantitative estimate of drug-likeness (QED) is 0.0333. The molecule has 0 unspecified atom stereocenters. The zero-order valence-corrected chi connectivity index (χ0v) is 87.0. The molecule has 0 fully saturated rings. The van der Waals surface area contributed by atoms with Crippen LogP contribution in [0.1, 0.15) is 275 Å². The number of hydrogen-bond acceptors (Lipinski definition) is 16. The van der Waals surface area contributed by atoms with Crippen molar-refractivity contribution in [2.75, 3.05) is 0 Å². The fourth-order valence-corrected chi connectivity index (χ4v) is 29.6. The average molecular weight is 2000 g/mol. The predicted octanol–water partition coefficient (Wildman–Crippen LogP) is 41.1. The molecule has 0 radical (unpaired) electrons. The molecule has 666 valence electrons. The van der Waals surface area contributed by atoms with E-state index in [1.165, 1.54) is 339 Å². The van der Waals surface area contributed by atoms with Gasteiger partial charge in [0.15, 0.2) is 0 Å². The first-order valence-electron chi connectivity index (χ1n) is 46.4. The monoisotopic (exact) mass is 1990 g/mol. The number of rotatable bonds is 55. The van der Waals surface area contributed by atoms with E-state index in [1.54, 1.807) is 22.7 Å². The molecule has 0 aliphatic rings. The second kappa shape index (κ2) is 53.0. The Hall–Kier alpha value is -7.40. The van der Waals surface area contributed by atoms with E-state index >= 15 is 0 Å². The van der Waals surface area contributed by atoms with E-state index in [0.717, 1.165) is 0 Å². The van der Waals surface area contributed by atoms with Crippen molar-refractivity contribution >= 4 is 303 Å². The second-order valence-electron chi connectivity index (χ2n) is 32.9. The minimum atomic E-state index is 1.17. The molecule has 0 spiro atoms. The summed E-state index contributed by atoms with van der Waals surface area (Å²) in [5, 5.41) is 4.27. The van der Waals surface area contributed by atoms with Crippen molar-refractivity contribution in [2.24, 2.45) is 0 Å². The third kappa shape index (κ3) is 33.3. The maximum Gasteiger partial charge on any atom is 0.0277 e. The molecule has 0 N–H and O–H groups in total. The van der Waals surface area contributed by atoms with Crippen LogP contribution in [0, 0.1) is 0 Å². The number of thiophene rings is 16. The summed E-state index contributed by atoms with van der Waals surface area (Å²) in [4.78, 5) is 41.5. The Kier molecular flexibility index (Phi) is 39.1. The van der Waals surface area contributed by atoms with Crippen LogP contribution in [0.25, 0.3) is 122 Å². The molecule has 0 saturated carbocycles. The summed E-state index contributed by atoms with van der Waals surface area (Å²) < 4.78 is 0. The molecule has 0 aliphatic carbocycles. The van der Waals surface area contributed by atoms with Crippen molar-refractivity contribution in [3.05, 3.63) is 351 Å². The second-order valence-corrected chi connectivity index (χ2v) is 51.5. The number of unbranched alkanes of at least 4 members (excludes halogenated alkanes) is 15. The van der Waals surface area contributed by atoms with E-state index in [9.17, 15) is 0 Å². The zero-order chi connectivity index (χ0) is 88.0. The van der Waals surface area contributed by atoms with Crippen LogP contribution in [-0.2, 0) is 64.2 Å². The fraction of sp³-hybridized carbons (Fsp3) is 0.263. The van der Waals surface area contributed by atoms with E-state index < -0.39 is 0 Å². The van der Waals surface area contributed by atoms with Crippen LogP contribution in [0.2, 0.25) is 0 Å². The summed E-state index contributed by atoms with van der Waals surface area (Å²) in [6, 6.07) is 72.9. The molecule has 16 aromatic rings. The Balaban J connectivity index is 0.357. The van der Waals surface area contributed by atoms with Crippen molar-refractivity contribution in [3.63, 3.8) is 0 Å².